The largest absolute Gasteiger partial charge is 0.373 e. The predicted molar refractivity (Wildman–Crippen MR) is 91.6 cm³/mol. The van der Waals surface area contributed by atoms with Crippen molar-refractivity contribution in [2.45, 2.75) is 25.4 Å². The van der Waals surface area contributed by atoms with Gasteiger partial charge in [0.25, 0.3) is 5.91 Å². The molecule has 7 nitrogen and oxygen atoms in total. The second kappa shape index (κ2) is 7.35. The van der Waals surface area contributed by atoms with Gasteiger partial charge in [-0.1, -0.05) is 6.07 Å². The fourth-order valence-electron chi connectivity index (χ4n) is 2.79. The summed E-state index contributed by atoms with van der Waals surface area (Å²) in [4.78, 5) is 27.4. The molecule has 0 aliphatic carbocycles. The van der Waals surface area contributed by atoms with Crippen molar-refractivity contribution in [2.75, 3.05) is 26.0 Å². The number of amides is 1. The predicted octanol–water partition coefficient (Wildman–Crippen LogP) is 1.61. The molecule has 0 radical (unpaired) electrons. The Morgan fingerprint density at radius 3 is 2.96 bits per heavy atom. The highest BCUT2D eigenvalue weighted by Gasteiger charge is 2.21. The number of nitrogens with zero attached hydrogens (tertiary/aromatic N) is 4. The van der Waals surface area contributed by atoms with Crippen LogP contribution in [0.5, 0.6) is 0 Å². The van der Waals surface area contributed by atoms with Crippen LogP contribution >= 0.6 is 0 Å². The molecule has 1 atom stereocenters. The van der Waals surface area contributed by atoms with Crippen LogP contribution in [-0.2, 0) is 6.54 Å². The van der Waals surface area contributed by atoms with Crippen molar-refractivity contribution in [3.05, 3.63) is 47.7 Å². The molecule has 0 bridgehead atoms. The minimum Gasteiger partial charge on any atom is -0.373 e. The van der Waals surface area contributed by atoms with Gasteiger partial charge >= 0.3 is 0 Å². The fraction of sp³-hybridized carbons (Fsp3) is 0.412. The lowest BCUT2D eigenvalue weighted by atomic mass is 10.2. The fourth-order valence-corrected chi connectivity index (χ4v) is 2.79. The standard InChI is InChI=1S/C17H22N6O/c1-18-15-10-12(21-16(22-15)13-7-5-9-19-13)11-23(2)17(24)14-6-3-4-8-20-14/h3-4,6,8,10,13,19H,5,7,9,11H2,1-2H3,(H,18,21,22)/t13-/m1/s1. The van der Waals surface area contributed by atoms with Crippen molar-refractivity contribution >= 4 is 11.7 Å². The summed E-state index contributed by atoms with van der Waals surface area (Å²) in [5, 5.41) is 6.48. The Morgan fingerprint density at radius 2 is 2.29 bits per heavy atom. The number of hydrogen-bond donors (Lipinski definition) is 2. The molecule has 0 aromatic carbocycles. The highest BCUT2D eigenvalue weighted by molar-refractivity contribution is 5.91. The summed E-state index contributed by atoms with van der Waals surface area (Å²) in [6.07, 6.45) is 3.79. The second-order valence-corrected chi connectivity index (χ2v) is 5.88. The van der Waals surface area contributed by atoms with Crippen LogP contribution in [0.15, 0.2) is 30.5 Å². The maximum Gasteiger partial charge on any atom is 0.272 e. The molecule has 7 heteroatoms. The van der Waals surface area contributed by atoms with E-state index >= 15 is 0 Å². The Morgan fingerprint density at radius 1 is 1.42 bits per heavy atom. The summed E-state index contributed by atoms with van der Waals surface area (Å²) >= 11 is 0. The van der Waals surface area contributed by atoms with E-state index in [0.717, 1.165) is 36.7 Å². The zero-order valence-electron chi connectivity index (χ0n) is 14.0. The molecule has 126 valence electrons. The lowest BCUT2D eigenvalue weighted by molar-refractivity contribution is 0.0777. The SMILES string of the molecule is CNc1cc(CN(C)C(=O)c2ccccn2)nc([C@H]2CCCN2)n1. The molecule has 24 heavy (non-hydrogen) atoms. The van der Waals surface area contributed by atoms with E-state index in [1.54, 1.807) is 30.3 Å². The van der Waals surface area contributed by atoms with Crippen LogP contribution in [0.1, 0.15) is 40.9 Å². The summed E-state index contributed by atoms with van der Waals surface area (Å²) in [6, 6.07) is 7.38. The van der Waals surface area contributed by atoms with Crippen LogP contribution in [0.25, 0.3) is 0 Å². The maximum atomic E-state index is 12.4. The highest BCUT2D eigenvalue weighted by atomic mass is 16.2. The van der Waals surface area contributed by atoms with Gasteiger partial charge in [0, 0.05) is 26.4 Å². The monoisotopic (exact) mass is 326 g/mol. The first-order valence-electron chi connectivity index (χ1n) is 8.13. The third-order valence-electron chi connectivity index (χ3n) is 4.05. The van der Waals surface area contributed by atoms with E-state index in [-0.39, 0.29) is 11.9 Å². The Hall–Kier alpha value is -2.54. The first-order valence-corrected chi connectivity index (χ1v) is 8.13. The topological polar surface area (TPSA) is 83.0 Å². The molecule has 3 rings (SSSR count). The lowest BCUT2D eigenvalue weighted by Gasteiger charge is -2.18. The minimum atomic E-state index is -0.124. The van der Waals surface area contributed by atoms with Crippen molar-refractivity contribution in [1.82, 2.24) is 25.2 Å². The van der Waals surface area contributed by atoms with Crippen LogP contribution in [0.3, 0.4) is 0 Å². The van der Waals surface area contributed by atoms with Gasteiger partial charge in [0.2, 0.25) is 0 Å². The van der Waals surface area contributed by atoms with Gasteiger partial charge in [0.15, 0.2) is 0 Å². The average Bonchev–Trinajstić information content (AvgIpc) is 3.16. The van der Waals surface area contributed by atoms with Crippen molar-refractivity contribution < 1.29 is 4.79 Å². The molecule has 1 amide bonds. The van der Waals surface area contributed by atoms with Gasteiger partial charge in [-0.2, -0.15) is 0 Å². The number of aromatic nitrogens is 3. The summed E-state index contributed by atoms with van der Waals surface area (Å²) in [5.41, 5.74) is 1.24. The summed E-state index contributed by atoms with van der Waals surface area (Å²) in [6.45, 7) is 1.40. The molecule has 1 saturated heterocycles. The van der Waals surface area contributed by atoms with Gasteiger partial charge in [-0.25, -0.2) is 9.97 Å². The van der Waals surface area contributed by atoms with Crippen LogP contribution in [0.2, 0.25) is 0 Å². The number of carbonyl (C=O) groups is 1. The second-order valence-electron chi connectivity index (χ2n) is 5.88. The van der Waals surface area contributed by atoms with Gasteiger partial charge < -0.3 is 15.5 Å². The average molecular weight is 326 g/mol. The highest BCUT2D eigenvalue weighted by Crippen LogP contribution is 2.22. The first kappa shape index (κ1) is 16.3. The first-order chi connectivity index (χ1) is 11.7. The van der Waals surface area contributed by atoms with Crippen molar-refractivity contribution in [3.8, 4) is 0 Å². The van der Waals surface area contributed by atoms with Gasteiger partial charge in [-0.3, -0.25) is 9.78 Å². The Labute approximate surface area is 141 Å². The van der Waals surface area contributed by atoms with Gasteiger partial charge in [-0.15, -0.1) is 0 Å². The van der Waals surface area contributed by atoms with E-state index in [1.807, 2.05) is 19.2 Å². The van der Waals surface area contributed by atoms with E-state index < -0.39 is 0 Å². The zero-order valence-corrected chi connectivity index (χ0v) is 14.0. The number of hydrogen-bond acceptors (Lipinski definition) is 6. The molecule has 2 aromatic heterocycles. The van der Waals surface area contributed by atoms with Crippen molar-refractivity contribution in [1.29, 1.82) is 0 Å². The van der Waals surface area contributed by atoms with Gasteiger partial charge in [0.1, 0.15) is 17.3 Å². The molecule has 0 saturated carbocycles. The molecule has 1 aliphatic rings. The van der Waals surface area contributed by atoms with E-state index in [4.69, 9.17) is 0 Å². The van der Waals surface area contributed by atoms with Crippen LogP contribution in [0.4, 0.5) is 5.82 Å². The van der Waals surface area contributed by atoms with Gasteiger partial charge in [-0.05, 0) is 31.5 Å². The van der Waals surface area contributed by atoms with Crippen molar-refractivity contribution in [3.63, 3.8) is 0 Å². The number of nitrogens with one attached hydrogen (secondary N) is 2. The van der Waals surface area contributed by atoms with E-state index in [2.05, 4.69) is 25.6 Å². The smallest absolute Gasteiger partial charge is 0.272 e. The molecule has 0 unspecified atom stereocenters. The summed E-state index contributed by atoms with van der Waals surface area (Å²) < 4.78 is 0. The molecule has 1 fully saturated rings. The Balaban J connectivity index is 1.78. The summed E-state index contributed by atoms with van der Waals surface area (Å²) in [5.74, 6) is 1.43. The quantitative estimate of drug-likeness (QED) is 0.868. The molecule has 3 heterocycles. The molecule has 2 N–H and O–H groups in total. The third-order valence-corrected chi connectivity index (χ3v) is 4.05. The molecular weight excluding hydrogens is 304 g/mol. The molecule has 2 aromatic rings. The summed E-state index contributed by atoms with van der Waals surface area (Å²) in [7, 11) is 3.59. The maximum absolute atomic E-state index is 12.4. The van der Waals surface area contributed by atoms with Crippen LogP contribution in [-0.4, -0.2) is 46.4 Å². The van der Waals surface area contributed by atoms with Crippen LogP contribution < -0.4 is 10.6 Å². The minimum absolute atomic E-state index is 0.124. The Kier molecular flexibility index (Phi) is 5.00. The third kappa shape index (κ3) is 3.68. The zero-order chi connectivity index (χ0) is 16.9. The molecular formula is C17H22N6O. The molecule has 0 spiro atoms. The van der Waals surface area contributed by atoms with Crippen LogP contribution in [0, 0.1) is 0 Å². The van der Waals surface area contributed by atoms with E-state index in [1.165, 1.54) is 0 Å². The number of anilines is 1. The lowest BCUT2D eigenvalue weighted by Crippen LogP contribution is -2.28. The Bertz CT molecular complexity index is 699. The van der Waals surface area contributed by atoms with E-state index in [9.17, 15) is 4.79 Å². The number of pyridine rings is 1. The van der Waals surface area contributed by atoms with E-state index in [0.29, 0.717) is 12.2 Å². The number of carbonyl (C=O) groups excluding carboxylic acids is 1. The number of rotatable bonds is 5. The normalized spacial score (nSPS) is 16.8. The molecule has 1 aliphatic heterocycles. The van der Waals surface area contributed by atoms with Gasteiger partial charge in [0.05, 0.1) is 18.3 Å². The van der Waals surface area contributed by atoms with Crippen molar-refractivity contribution in [2.24, 2.45) is 0 Å².